The first kappa shape index (κ1) is 42.3. The molecule has 0 N–H and O–H groups in total. The van der Waals surface area contributed by atoms with Crippen LogP contribution in [0, 0.1) is 13.8 Å². The molecule has 0 aliphatic heterocycles. The summed E-state index contributed by atoms with van der Waals surface area (Å²) >= 11 is 35.3. The number of rotatable bonds is 10. The molecule has 60 heavy (non-hydrogen) atoms. The summed E-state index contributed by atoms with van der Waals surface area (Å²) in [5, 5.41) is 6.14. The average molecular weight is 1010 g/mol. The lowest BCUT2D eigenvalue weighted by Crippen LogP contribution is -2.11. The second-order valence-electron chi connectivity index (χ2n) is 14.1. The molecule has 2 heterocycles. The van der Waals surface area contributed by atoms with Crippen molar-refractivity contribution in [2.24, 2.45) is 0 Å². The van der Waals surface area contributed by atoms with Crippen LogP contribution in [0.25, 0.3) is 43.4 Å². The highest BCUT2D eigenvalue weighted by Gasteiger charge is 2.25. The molecule has 0 amide bonds. The Hall–Kier alpha value is -4.35. The highest BCUT2D eigenvalue weighted by molar-refractivity contribution is 9.11. The summed E-state index contributed by atoms with van der Waals surface area (Å²) in [5.74, 6) is 1.55. The number of ether oxygens (including phenoxy) is 4. The fraction of sp³-hybridized carbons (Fsp3) is 0.170. The van der Waals surface area contributed by atoms with Gasteiger partial charge in [-0.15, -0.1) is 0 Å². The highest BCUT2D eigenvalue weighted by Crippen LogP contribution is 2.47. The van der Waals surface area contributed by atoms with Crippen LogP contribution >= 0.6 is 78.3 Å². The van der Waals surface area contributed by atoms with Crippen molar-refractivity contribution in [3.63, 3.8) is 0 Å². The van der Waals surface area contributed by atoms with Crippen molar-refractivity contribution in [3.05, 3.63) is 148 Å². The van der Waals surface area contributed by atoms with E-state index in [1.807, 2.05) is 100 Å². The average Bonchev–Trinajstić information content (AvgIpc) is 3.24. The predicted octanol–water partition coefficient (Wildman–Crippen LogP) is 16.4. The lowest BCUT2D eigenvalue weighted by molar-refractivity contribution is 0.0449. The number of aryl methyl sites for hydroxylation is 2. The molecule has 8 aromatic rings. The molecule has 0 unspecified atom stereocenters. The molecule has 0 saturated heterocycles. The molecule has 0 saturated carbocycles. The summed E-state index contributed by atoms with van der Waals surface area (Å²) in [6.07, 6.45) is 0.349. The Labute approximate surface area is 383 Å². The molecule has 0 aliphatic rings. The molecule has 0 aliphatic carbocycles. The quantitative estimate of drug-likeness (QED) is 0.126. The van der Waals surface area contributed by atoms with Crippen LogP contribution in [0.4, 0.5) is 4.79 Å². The van der Waals surface area contributed by atoms with Crippen molar-refractivity contribution in [2.45, 2.75) is 53.8 Å². The fourth-order valence-corrected chi connectivity index (χ4v) is 9.87. The lowest BCUT2D eigenvalue weighted by Gasteiger charge is -2.19. The molecular formula is C47H34Br2Cl4N2O5. The van der Waals surface area contributed by atoms with E-state index in [1.165, 1.54) is 0 Å². The molecule has 0 spiro atoms. The maximum absolute atomic E-state index is 13.5. The number of hydrogen-bond donors (Lipinski definition) is 0. The third-order valence-electron chi connectivity index (χ3n) is 10.6. The molecule has 6 aromatic carbocycles. The first-order chi connectivity index (χ1) is 28.9. The van der Waals surface area contributed by atoms with Crippen LogP contribution in [-0.2, 0) is 35.5 Å². The van der Waals surface area contributed by atoms with E-state index in [9.17, 15) is 4.79 Å². The number of benzene rings is 6. The first-order valence-corrected chi connectivity index (χ1v) is 22.1. The summed E-state index contributed by atoms with van der Waals surface area (Å²) in [5.41, 5.74) is 5.62. The molecule has 7 nitrogen and oxygen atoms in total. The SMILES string of the molecule is CCc1nc2cc(Cl)c(Oc3ccc4ccccc4c3Br)c(Cl)c2c(COC(=O)OCc2c(C)c(CC)nc3cc(Cl)c(Oc4ccc5ccccc5c4Br)c(Cl)c23)c1C. The molecule has 13 heteroatoms. The second kappa shape index (κ2) is 17.6. The van der Waals surface area contributed by atoms with Gasteiger partial charge in [0.25, 0.3) is 0 Å². The Kier molecular flexibility index (Phi) is 12.4. The number of nitrogens with zero attached hydrogens (tertiary/aromatic N) is 2. The van der Waals surface area contributed by atoms with Crippen molar-refractivity contribution in [2.75, 3.05) is 0 Å². The van der Waals surface area contributed by atoms with Crippen LogP contribution in [0.15, 0.2) is 93.9 Å². The predicted molar refractivity (Wildman–Crippen MR) is 250 cm³/mol. The van der Waals surface area contributed by atoms with E-state index < -0.39 is 6.16 Å². The molecule has 0 atom stereocenters. The van der Waals surface area contributed by atoms with E-state index >= 15 is 0 Å². The lowest BCUT2D eigenvalue weighted by atomic mass is 10.0. The van der Waals surface area contributed by atoms with Gasteiger partial charge in [0.2, 0.25) is 0 Å². The van der Waals surface area contributed by atoms with Crippen molar-refractivity contribution in [3.8, 4) is 23.0 Å². The van der Waals surface area contributed by atoms with Crippen LogP contribution in [0.1, 0.15) is 47.5 Å². The molecule has 8 rings (SSSR count). The Morgan fingerprint density at radius 1 is 0.600 bits per heavy atom. The molecular weight excluding hydrogens is 974 g/mol. The van der Waals surface area contributed by atoms with Crippen LogP contribution in [0.2, 0.25) is 20.1 Å². The Balaban J connectivity index is 1.10. The van der Waals surface area contributed by atoms with Crippen molar-refractivity contribution in [1.29, 1.82) is 0 Å². The number of carbonyl (C=O) groups is 1. The molecule has 0 bridgehead atoms. The van der Waals surface area contributed by atoms with Crippen molar-refractivity contribution >= 4 is 128 Å². The van der Waals surface area contributed by atoms with Gasteiger partial charge in [0.1, 0.15) is 24.7 Å². The Morgan fingerprint density at radius 2 is 1.00 bits per heavy atom. The number of hydrogen-bond acceptors (Lipinski definition) is 7. The van der Waals surface area contributed by atoms with Gasteiger partial charge in [0, 0.05) is 33.3 Å². The van der Waals surface area contributed by atoms with Gasteiger partial charge in [-0.05, 0) is 115 Å². The van der Waals surface area contributed by atoms with Gasteiger partial charge in [-0.1, -0.05) is 121 Å². The van der Waals surface area contributed by atoms with Gasteiger partial charge in [-0.3, -0.25) is 9.97 Å². The van der Waals surface area contributed by atoms with Crippen molar-refractivity contribution in [1.82, 2.24) is 9.97 Å². The zero-order valence-electron chi connectivity index (χ0n) is 32.6. The normalized spacial score (nSPS) is 11.5. The van der Waals surface area contributed by atoms with Crippen LogP contribution in [-0.4, -0.2) is 16.1 Å². The van der Waals surface area contributed by atoms with E-state index in [2.05, 4.69) is 31.9 Å². The number of pyridine rings is 2. The topological polar surface area (TPSA) is 79.8 Å². The maximum Gasteiger partial charge on any atom is 0.508 e. The highest BCUT2D eigenvalue weighted by atomic mass is 79.9. The first-order valence-electron chi connectivity index (χ1n) is 19.0. The largest absolute Gasteiger partial charge is 0.508 e. The van der Waals surface area contributed by atoms with Gasteiger partial charge in [0.15, 0.2) is 11.5 Å². The summed E-state index contributed by atoms with van der Waals surface area (Å²) in [7, 11) is 0. The number of halogens is 6. The molecule has 2 aromatic heterocycles. The van der Waals surface area contributed by atoms with E-state index in [0.29, 0.717) is 57.3 Å². The molecule has 0 fully saturated rings. The van der Waals surface area contributed by atoms with Crippen LogP contribution < -0.4 is 9.47 Å². The Morgan fingerprint density at radius 3 is 1.40 bits per heavy atom. The van der Waals surface area contributed by atoms with Crippen LogP contribution in [0.5, 0.6) is 23.0 Å². The number of aromatic nitrogens is 2. The number of carbonyl (C=O) groups excluding carboxylic acids is 1. The fourth-order valence-electron chi connectivity index (χ4n) is 7.45. The van der Waals surface area contributed by atoms with Crippen LogP contribution in [0.3, 0.4) is 0 Å². The third kappa shape index (κ3) is 7.85. The smallest absolute Gasteiger partial charge is 0.453 e. The summed E-state index contributed by atoms with van der Waals surface area (Å²) in [6, 6.07) is 26.9. The van der Waals surface area contributed by atoms with Crippen molar-refractivity contribution < 1.29 is 23.7 Å². The van der Waals surface area contributed by atoms with Gasteiger partial charge in [-0.2, -0.15) is 0 Å². The van der Waals surface area contributed by atoms with Gasteiger partial charge in [-0.25, -0.2) is 4.79 Å². The van der Waals surface area contributed by atoms with Gasteiger partial charge < -0.3 is 18.9 Å². The second-order valence-corrected chi connectivity index (χ2v) is 17.2. The summed E-state index contributed by atoms with van der Waals surface area (Å²) < 4.78 is 25.9. The third-order valence-corrected chi connectivity index (χ3v) is 13.5. The van der Waals surface area contributed by atoms with E-state index in [0.717, 1.165) is 53.0 Å². The zero-order chi connectivity index (χ0) is 42.4. The molecule has 0 radical (unpaired) electrons. The van der Waals surface area contributed by atoms with Gasteiger partial charge in [0.05, 0.1) is 40.1 Å². The van der Waals surface area contributed by atoms with E-state index in [-0.39, 0.29) is 44.8 Å². The summed E-state index contributed by atoms with van der Waals surface area (Å²) in [6.45, 7) is 7.51. The minimum atomic E-state index is -0.900. The minimum absolute atomic E-state index is 0.164. The zero-order valence-corrected chi connectivity index (χ0v) is 38.8. The standard InChI is InChI=1S/C47H34Br2Cl4N2O5/c1-5-33-23(3)29(39-35(54-33)19-31(50)45(43(39)52)59-37-17-15-25-11-7-9-13-27(25)41(37)48)21-57-47(56)58-22-30-24(4)34(6-2)55-36-20-32(51)46(44(53)40(30)36)60-38-18-16-26-12-8-10-14-28(26)42(38)49/h7-20H,5-6,21-22H2,1-4H3. The summed E-state index contributed by atoms with van der Waals surface area (Å²) in [4.78, 5) is 23.3. The van der Waals surface area contributed by atoms with E-state index in [4.69, 9.17) is 75.3 Å². The Bertz CT molecular complexity index is 2850. The monoisotopic (exact) mass is 1000 g/mol. The maximum atomic E-state index is 13.5. The minimum Gasteiger partial charge on any atom is -0.453 e. The van der Waals surface area contributed by atoms with E-state index in [1.54, 1.807) is 12.1 Å². The number of fused-ring (bicyclic) bond motifs is 4. The molecule has 304 valence electrons. The van der Waals surface area contributed by atoms with Gasteiger partial charge >= 0.3 is 6.16 Å².